The minimum absolute atomic E-state index is 0.314. The Morgan fingerprint density at radius 2 is 1.92 bits per heavy atom. The predicted molar refractivity (Wildman–Crippen MR) is 100 cm³/mol. The highest BCUT2D eigenvalue weighted by molar-refractivity contribution is 5.97. The van der Waals surface area contributed by atoms with E-state index in [4.69, 9.17) is 10.4 Å². The fraction of sp³-hybridized carbons (Fsp3) is 0.300. The van der Waals surface area contributed by atoms with Gasteiger partial charge in [-0.2, -0.15) is 0 Å². The van der Waals surface area contributed by atoms with Crippen molar-refractivity contribution < 1.29 is 0 Å². The van der Waals surface area contributed by atoms with E-state index in [2.05, 4.69) is 40.0 Å². The van der Waals surface area contributed by atoms with Crippen LogP contribution < -0.4 is 4.90 Å². The van der Waals surface area contributed by atoms with E-state index >= 15 is 0 Å². The molecule has 1 fully saturated rings. The molecule has 0 spiro atoms. The number of hydrogen-bond donors (Lipinski definition) is 1. The van der Waals surface area contributed by atoms with E-state index in [9.17, 15) is 0 Å². The molecule has 0 saturated carbocycles. The smallest absolute Gasteiger partial charge is 0.129 e. The third-order valence-corrected chi connectivity index (χ3v) is 4.69. The summed E-state index contributed by atoms with van der Waals surface area (Å²) in [4.78, 5) is 16.0. The summed E-state index contributed by atoms with van der Waals surface area (Å²) < 4.78 is 0. The molecule has 3 aromatic rings. The number of benzene rings is 1. The lowest BCUT2D eigenvalue weighted by molar-refractivity contribution is 0.507. The first-order chi connectivity index (χ1) is 12.3. The molecule has 4 rings (SSSR count). The summed E-state index contributed by atoms with van der Waals surface area (Å²) in [6.45, 7) is 3.83. The second kappa shape index (κ2) is 6.59. The van der Waals surface area contributed by atoms with Gasteiger partial charge in [0.15, 0.2) is 0 Å². The Hall–Kier alpha value is -2.82. The van der Waals surface area contributed by atoms with E-state index in [-0.39, 0.29) is 0 Å². The van der Waals surface area contributed by atoms with E-state index < -0.39 is 0 Å². The first kappa shape index (κ1) is 15.7. The van der Waals surface area contributed by atoms with Gasteiger partial charge >= 0.3 is 0 Å². The molecule has 0 atom stereocenters. The van der Waals surface area contributed by atoms with Crippen molar-refractivity contribution in [3.63, 3.8) is 0 Å². The normalized spacial score (nSPS) is 14.5. The Bertz CT molecular complexity index is 915. The van der Waals surface area contributed by atoms with Crippen molar-refractivity contribution >= 4 is 22.4 Å². The molecule has 1 aliphatic heterocycles. The monoisotopic (exact) mass is 331 g/mol. The van der Waals surface area contributed by atoms with Gasteiger partial charge in [-0.3, -0.25) is 9.97 Å². The van der Waals surface area contributed by atoms with Gasteiger partial charge in [0.05, 0.1) is 16.9 Å². The summed E-state index contributed by atoms with van der Waals surface area (Å²) >= 11 is 0. The van der Waals surface area contributed by atoms with Crippen molar-refractivity contribution in [3.8, 4) is 0 Å². The van der Waals surface area contributed by atoms with Gasteiger partial charge in [0.2, 0.25) is 0 Å². The first-order valence-electron chi connectivity index (χ1n) is 8.75. The lowest BCUT2D eigenvalue weighted by Gasteiger charge is -2.40. The Kier molecular flexibility index (Phi) is 4.14. The zero-order valence-electron chi connectivity index (χ0n) is 14.3. The quantitative estimate of drug-likeness (QED) is 0.722. The van der Waals surface area contributed by atoms with Crippen LogP contribution in [0.1, 0.15) is 37.1 Å². The Balaban J connectivity index is 1.52. The fourth-order valence-corrected chi connectivity index (χ4v) is 3.32. The SMILES string of the molecule is CCCC(=N)c1nccnc1C1CN(c2ccc3ccccc3n2)C1. The molecule has 0 aliphatic carbocycles. The molecule has 0 unspecified atom stereocenters. The molecule has 1 N–H and O–H groups in total. The van der Waals surface area contributed by atoms with Crippen LogP contribution in [0.5, 0.6) is 0 Å². The molecular weight excluding hydrogens is 310 g/mol. The van der Waals surface area contributed by atoms with E-state index in [0.717, 1.165) is 54.0 Å². The zero-order chi connectivity index (χ0) is 17.2. The van der Waals surface area contributed by atoms with E-state index in [1.54, 1.807) is 12.4 Å². The summed E-state index contributed by atoms with van der Waals surface area (Å²) in [6.07, 6.45) is 5.11. The van der Waals surface area contributed by atoms with Crippen LogP contribution in [0.15, 0.2) is 48.8 Å². The van der Waals surface area contributed by atoms with Crippen molar-refractivity contribution in [1.29, 1.82) is 5.41 Å². The molecule has 3 heterocycles. The van der Waals surface area contributed by atoms with E-state index in [1.807, 2.05) is 18.2 Å². The second-order valence-electron chi connectivity index (χ2n) is 6.48. The highest BCUT2D eigenvalue weighted by atomic mass is 15.2. The summed E-state index contributed by atoms with van der Waals surface area (Å²) in [5, 5.41) is 9.40. The van der Waals surface area contributed by atoms with Crippen molar-refractivity contribution in [2.75, 3.05) is 18.0 Å². The average Bonchev–Trinajstić information content (AvgIpc) is 2.61. The number of fused-ring (bicyclic) bond motifs is 1. The van der Waals surface area contributed by atoms with Crippen LogP contribution in [-0.4, -0.2) is 33.8 Å². The van der Waals surface area contributed by atoms with E-state index in [1.165, 1.54) is 0 Å². The Morgan fingerprint density at radius 3 is 2.76 bits per heavy atom. The van der Waals surface area contributed by atoms with Gasteiger partial charge in [-0.25, -0.2) is 4.98 Å². The maximum absolute atomic E-state index is 8.24. The largest absolute Gasteiger partial charge is 0.355 e. The lowest BCUT2D eigenvalue weighted by atomic mass is 9.92. The number of nitrogens with zero attached hydrogens (tertiary/aromatic N) is 4. The molecule has 126 valence electrons. The van der Waals surface area contributed by atoms with Gasteiger partial charge in [-0.05, 0) is 24.6 Å². The highest BCUT2D eigenvalue weighted by Gasteiger charge is 2.32. The molecule has 1 aliphatic rings. The number of nitrogens with one attached hydrogen (secondary N) is 1. The van der Waals surface area contributed by atoms with Crippen LogP contribution in [0.4, 0.5) is 5.82 Å². The topological polar surface area (TPSA) is 65.8 Å². The second-order valence-corrected chi connectivity index (χ2v) is 6.48. The van der Waals surface area contributed by atoms with Crippen molar-refractivity contribution in [3.05, 3.63) is 60.2 Å². The molecule has 5 nitrogen and oxygen atoms in total. The molecule has 0 bridgehead atoms. The zero-order valence-corrected chi connectivity index (χ0v) is 14.3. The van der Waals surface area contributed by atoms with E-state index in [0.29, 0.717) is 11.6 Å². The maximum atomic E-state index is 8.24. The van der Waals surface area contributed by atoms with Gasteiger partial charge in [0.25, 0.3) is 0 Å². The Morgan fingerprint density at radius 1 is 1.12 bits per heavy atom. The molecule has 0 amide bonds. The lowest BCUT2D eigenvalue weighted by Crippen LogP contribution is -2.46. The molecule has 2 aromatic heterocycles. The van der Waals surface area contributed by atoms with Gasteiger partial charge in [-0.1, -0.05) is 31.5 Å². The predicted octanol–water partition coefficient (Wildman–Crippen LogP) is 3.80. The van der Waals surface area contributed by atoms with Crippen LogP contribution in [-0.2, 0) is 0 Å². The van der Waals surface area contributed by atoms with Crippen LogP contribution in [0.3, 0.4) is 0 Å². The summed E-state index contributed by atoms with van der Waals surface area (Å²) in [6, 6.07) is 12.4. The number of para-hydroxylation sites is 1. The molecule has 1 saturated heterocycles. The van der Waals surface area contributed by atoms with Crippen LogP contribution in [0.2, 0.25) is 0 Å². The average molecular weight is 331 g/mol. The molecule has 1 aromatic carbocycles. The Labute approximate surface area is 147 Å². The number of rotatable bonds is 5. The summed E-state index contributed by atoms with van der Waals surface area (Å²) in [5.74, 6) is 1.32. The maximum Gasteiger partial charge on any atom is 0.129 e. The highest BCUT2D eigenvalue weighted by Crippen LogP contribution is 2.31. The number of aromatic nitrogens is 3. The standard InChI is InChI=1S/C20H21N5/c1-2-5-16(21)20-19(22-10-11-23-20)15-12-25(13-15)18-9-8-14-6-3-4-7-17(14)24-18/h3-4,6-11,15,21H,2,5,12-13H2,1H3. The summed E-state index contributed by atoms with van der Waals surface area (Å²) in [5.41, 5.74) is 3.33. The number of pyridine rings is 1. The third kappa shape index (κ3) is 2.97. The fourth-order valence-electron chi connectivity index (χ4n) is 3.32. The minimum Gasteiger partial charge on any atom is -0.355 e. The van der Waals surface area contributed by atoms with Crippen molar-refractivity contribution in [2.24, 2.45) is 0 Å². The van der Waals surface area contributed by atoms with Crippen molar-refractivity contribution in [2.45, 2.75) is 25.7 Å². The van der Waals surface area contributed by atoms with Gasteiger partial charge in [0, 0.05) is 36.8 Å². The third-order valence-electron chi connectivity index (χ3n) is 4.69. The molecule has 5 heteroatoms. The number of anilines is 1. The molecule has 25 heavy (non-hydrogen) atoms. The molecular formula is C20H21N5. The van der Waals surface area contributed by atoms with Crippen LogP contribution in [0.25, 0.3) is 10.9 Å². The molecule has 0 radical (unpaired) electrons. The summed E-state index contributed by atoms with van der Waals surface area (Å²) in [7, 11) is 0. The van der Waals surface area contributed by atoms with Gasteiger partial charge in [-0.15, -0.1) is 0 Å². The van der Waals surface area contributed by atoms with Crippen molar-refractivity contribution in [1.82, 2.24) is 15.0 Å². The van der Waals surface area contributed by atoms with Crippen LogP contribution in [0, 0.1) is 5.41 Å². The first-order valence-corrected chi connectivity index (χ1v) is 8.75. The van der Waals surface area contributed by atoms with Gasteiger partial charge in [0.1, 0.15) is 11.5 Å². The van der Waals surface area contributed by atoms with Gasteiger partial charge < -0.3 is 10.3 Å². The minimum atomic E-state index is 0.314. The van der Waals surface area contributed by atoms with Crippen LogP contribution >= 0.6 is 0 Å². The number of hydrogen-bond acceptors (Lipinski definition) is 5.